The number of aromatic nitrogens is 1. The van der Waals surface area contributed by atoms with Crippen molar-refractivity contribution in [2.75, 3.05) is 18.9 Å². The largest absolute Gasteiger partial charge is 0.340 e. The molecule has 1 aromatic carbocycles. The number of carbonyl (C=O) groups is 2. The maximum atomic E-state index is 12.2. The van der Waals surface area contributed by atoms with E-state index in [1.807, 2.05) is 31.2 Å². The maximum absolute atomic E-state index is 12.2. The number of aromatic amines is 1. The molecule has 122 valence electrons. The number of para-hydroxylation sites is 1. The summed E-state index contributed by atoms with van der Waals surface area (Å²) in [5, 5.41) is 3.29. The molecular weight excluding hydrogens is 337 g/mol. The smallest absolute Gasteiger partial charge is 0.270 e. The Hall–Kier alpha value is -1.98. The van der Waals surface area contributed by atoms with Crippen LogP contribution in [-0.2, 0) is 11.2 Å². The van der Waals surface area contributed by atoms with Gasteiger partial charge in [-0.05, 0) is 24.1 Å². The molecule has 5 nitrogen and oxygen atoms in total. The number of likely N-dealkylation sites (N-methyl/N-ethyl adjacent to an activating group) is 1. The Morgan fingerprint density at radius 1 is 1.26 bits per heavy atom. The highest BCUT2D eigenvalue weighted by Crippen LogP contribution is 2.22. The number of nitrogens with zero attached hydrogens (tertiary/aromatic N) is 1. The summed E-state index contributed by atoms with van der Waals surface area (Å²) < 4.78 is 0. The van der Waals surface area contributed by atoms with Crippen LogP contribution >= 0.6 is 23.2 Å². The van der Waals surface area contributed by atoms with Crippen LogP contribution in [0.5, 0.6) is 0 Å². The van der Waals surface area contributed by atoms with Gasteiger partial charge in [0, 0.05) is 12.7 Å². The summed E-state index contributed by atoms with van der Waals surface area (Å²) in [6.45, 7) is 1.94. The monoisotopic (exact) mass is 353 g/mol. The first-order chi connectivity index (χ1) is 10.9. The average Bonchev–Trinajstić information content (AvgIpc) is 2.86. The fourth-order valence-electron chi connectivity index (χ4n) is 2.15. The number of halogens is 2. The number of aryl methyl sites for hydroxylation is 1. The van der Waals surface area contributed by atoms with Gasteiger partial charge >= 0.3 is 0 Å². The van der Waals surface area contributed by atoms with E-state index in [9.17, 15) is 9.59 Å². The predicted molar refractivity (Wildman–Crippen MR) is 92.2 cm³/mol. The van der Waals surface area contributed by atoms with Crippen molar-refractivity contribution in [3.05, 3.63) is 51.8 Å². The van der Waals surface area contributed by atoms with Gasteiger partial charge in [0.05, 0.1) is 11.6 Å². The van der Waals surface area contributed by atoms with Gasteiger partial charge in [-0.25, -0.2) is 0 Å². The van der Waals surface area contributed by atoms with E-state index in [1.165, 1.54) is 18.0 Å². The van der Waals surface area contributed by atoms with E-state index in [0.29, 0.717) is 0 Å². The van der Waals surface area contributed by atoms with Crippen molar-refractivity contribution in [2.24, 2.45) is 0 Å². The third-order valence-electron chi connectivity index (χ3n) is 3.36. The molecule has 2 N–H and O–H groups in total. The highest BCUT2D eigenvalue weighted by atomic mass is 35.5. The zero-order chi connectivity index (χ0) is 17.0. The van der Waals surface area contributed by atoms with Gasteiger partial charge in [-0.1, -0.05) is 48.3 Å². The van der Waals surface area contributed by atoms with E-state index >= 15 is 0 Å². The first kappa shape index (κ1) is 17.4. The van der Waals surface area contributed by atoms with Crippen molar-refractivity contribution >= 4 is 40.7 Å². The van der Waals surface area contributed by atoms with Crippen LogP contribution < -0.4 is 5.32 Å². The van der Waals surface area contributed by atoms with Crippen LogP contribution in [0.1, 0.15) is 23.0 Å². The van der Waals surface area contributed by atoms with Crippen molar-refractivity contribution in [2.45, 2.75) is 13.3 Å². The number of rotatable bonds is 5. The van der Waals surface area contributed by atoms with Crippen LogP contribution in [0.25, 0.3) is 0 Å². The number of carbonyl (C=O) groups excluding carboxylic acids is 2. The van der Waals surface area contributed by atoms with Crippen molar-refractivity contribution in [3.63, 3.8) is 0 Å². The SMILES string of the molecule is CCc1ccccc1NC(=O)CN(C)C(=O)c1cc(Cl)c(Cl)[nH]1. The van der Waals surface area contributed by atoms with Crippen molar-refractivity contribution in [1.82, 2.24) is 9.88 Å². The second kappa shape index (κ2) is 7.53. The summed E-state index contributed by atoms with van der Waals surface area (Å²) >= 11 is 11.6. The number of hydrogen-bond acceptors (Lipinski definition) is 2. The molecule has 7 heteroatoms. The summed E-state index contributed by atoms with van der Waals surface area (Å²) in [7, 11) is 1.54. The van der Waals surface area contributed by atoms with Gasteiger partial charge in [0.1, 0.15) is 10.8 Å². The van der Waals surface area contributed by atoms with E-state index < -0.39 is 0 Å². The van der Waals surface area contributed by atoms with Gasteiger partial charge in [0.25, 0.3) is 5.91 Å². The molecule has 2 aromatic rings. The molecule has 0 spiro atoms. The molecule has 0 unspecified atom stereocenters. The molecule has 0 bridgehead atoms. The van der Waals surface area contributed by atoms with Gasteiger partial charge in [-0.15, -0.1) is 0 Å². The van der Waals surface area contributed by atoms with Gasteiger partial charge in [0.2, 0.25) is 5.91 Å². The zero-order valence-corrected chi connectivity index (χ0v) is 14.3. The third kappa shape index (κ3) is 4.27. The Labute approximate surface area is 144 Å². The number of benzene rings is 1. The predicted octanol–water partition coefficient (Wildman–Crippen LogP) is 3.59. The van der Waals surface area contributed by atoms with Crippen LogP contribution in [0.2, 0.25) is 10.2 Å². The fraction of sp³-hybridized carbons (Fsp3) is 0.250. The molecule has 2 rings (SSSR count). The highest BCUT2D eigenvalue weighted by Gasteiger charge is 2.18. The van der Waals surface area contributed by atoms with Crippen LogP contribution in [-0.4, -0.2) is 35.3 Å². The van der Waals surface area contributed by atoms with E-state index in [2.05, 4.69) is 10.3 Å². The van der Waals surface area contributed by atoms with Gasteiger partial charge in [0.15, 0.2) is 0 Å². The van der Waals surface area contributed by atoms with Gasteiger partial charge in [-0.2, -0.15) is 0 Å². The summed E-state index contributed by atoms with van der Waals surface area (Å²) in [5.41, 5.74) is 2.04. The molecule has 0 saturated heterocycles. The van der Waals surface area contributed by atoms with E-state index in [4.69, 9.17) is 23.2 Å². The Morgan fingerprint density at radius 3 is 2.57 bits per heavy atom. The quantitative estimate of drug-likeness (QED) is 0.862. The van der Waals surface area contributed by atoms with E-state index in [0.717, 1.165) is 17.7 Å². The molecule has 0 radical (unpaired) electrons. The molecule has 23 heavy (non-hydrogen) atoms. The third-order valence-corrected chi connectivity index (χ3v) is 4.05. The van der Waals surface area contributed by atoms with Crippen molar-refractivity contribution < 1.29 is 9.59 Å². The summed E-state index contributed by atoms with van der Waals surface area (Å²) in [6, 6.07) is 9.00. The number of anilines is 1. The minimum atomic E-state index is -0.363. The first-order valence-electron chi connectivity index (χ1n) is 7.09. The lowest BCUT2D eigenvalue weighted by Crippen LogP contribution is -2.35. The molecule has 0 fully saturated rings. The van der Waals surface area contributed by atoms with Gasteiger partial charge in [-0.3, -0.25) is 9.59 Å². The number of H-pyrrole nitrogens is 1. The lowest BCUT2D eigenvalue weighted by atomic mass is 10.1. The molecule has 0 aliphatic rings. The Bertz CT molecular complexity index is 708. The number of amides is 2. The van der Waals surface area contributed by atoms with Gasteiger partial charge < -0.3 is 15.2 Å². The average molecular weight is 354 g/mol. The fourth-order valence-corrected chi connectivity index (χ4v) is 2.47. The summed E-state index contributed by atoms with van der Waals surface area (Å²) in [5.74, 6) is -0.636. The lowest BCUT2D eigenvalue weighted by molar-refractivity contribution is -0.116. The van der Waals surface area contributed by atoms with E-state index in [-0.39, 0.29) is 34.2 Å². The molecule has 0 aliphatic carbocycles. The van der Waals surface area contributed by atoms with E-state index in [1.54, 1.807) is 0 Å². The normalized spacial score (nSPS) is 10.4. The molecule has 0 aliphatic heterocycles. The minimum absolute atomic E-state index is 0.0782. The Kier molecular flexibility index (Phi) is 5.69. The first-order valence-corrected chi connectivity index (χ1v) is 7.85. The summed E-state index contributed by atoms with van der Waals surface area (Å²) in [6.07, 6.45) is 0.810. The van der Waals surface area contributed by atoms with Crippen molar-refractivity contribution in [1.29, 1.82) is 0 Å². The van der Waals surface area contributed by atoms with Crippen molar-refractivity contribution in [3.8, 4) is 0 Å². The second-order valence-corrected chi connectivity index (χ2v) is 5.85. The highest BCUT2D eigenvalue weighted by molar-refractivity contribution is 6.41. The van der Waals surface area contributed by atoms with Crippen LogP contribution in [0.4, 0.5) is 5.69 Å². The Morgan fingerprint density at radius 2 is 1.96 bits per heavy atom. The number of hydrogen-bond donors (Lipinski definition) is 2. The molecule has 1 aromatic heterocycles. The zero-order valence-electron chi connectivity index (χ0n) is 12.8. The summed E-state index contributed by atoms with van der Waals surface area (Å²) in [4.78, 5) is 28.3. The lowest BCUT2D eigenvalue weighted by Gasteiger charge is -2.17. The van der Waals surface area contributed by atoms with Crippen LogP contribution in [0, 0.1) is 0 Å². The van der Waals surface area contributed by atoms with Crippen LogP contribution in [0.15, 0.2) is 30.3 Å². The maximum Gasteiger partial charge on any atom is 0.270 e. The molecule has 2 amide bonds. The molecule has 1 heterocycles. The molecule has 0 atom stereocenters. The van der Waals surface area contributed by atoms with Crippen LogP contribution in [0.3, 0.4) is 0 Å². The number of nitrogens with one attached hydrogen (secondary N) is 2. The standard InChI is InChI=1S/C16H17Cl2N3O2/c1-3-10-6-4-5-7-12(10)19-14(22)9-21(2)16(23)13-8-11(17)15(18)20-13/h4-8,20H,3,9H2,1-2H3,(H,19,22). The second-order valence-electron chi connectivity index (χ2n) is 5.07. The minimum Gasteiger partial charge on any atom is -0.340 e. The molecular formula is C16H17Cl2N3O2. The Balaban J connectivity index is 2.00. The molecule has 0 saturated carbocycles. The topological polar surface area (TPSA) is 65.2 Å².